The first-order valence-electron chi connectivity index (χ1n) is 4.75. The highest BCUT2D eigenvalue weighted by molar-refractivity contribution is 7.99. The first kappa shape index (κ1) is 13.2. The van der Waals surface area contributed by atoms with Gasteiger partial charge in [0, 0.05) is 21.4 Å². The number of aliphatic hydroxyl groups is 1. The maximum Gasteiger partial charge on any atom is 0.0895 e. The van der Waals surface area contributed by atoms with Crippen molar-refractivity contribution in [1.29, 1.82) is 0 Å². The molecule has 1 rings (SSSR count). The Bertz CT molecular complexity index is 328. The molecular weight excluding hydrogens is 251 g/mol. The lowest BCUT2D eigenvalue weighted by Gasteiger charge is -2.14. The summed E-state index contributed by atoms with van der Waals surface area (Å²) >= 11 is 13.5. The van der Waals surface area contributed by atoms with Crippen LogP contribution in [0.4, 0.5) is 0 Å². The van der Waals surface area contributed by atoms with Crippen molar-refractivity contribution < 1.29 is 5.11 Å². The molecule has 0 saturated heterocycles. The molecule has 4 heteroatoms. The largest absolute Gasteiger partial charge is 0.387 e. The van der Waals surface area contributed by atoms with Crippen molar-refractivity contribution in [2.75, 3.05) is 5.75 Å². The van der Waals surface area contributed by atoms with E-state index in [4.69, 9.17) is 23.2 Å². The molecular formula is C11H14Cl2OS. The zero-order valence-corrected chi connectivity index (χ0v) is 11.0. The van der Waals surface area contributed by atoms with Gasteiger partial charge in [0.05, 0.1) is 6.10 Å². The second-order valence-electron chi connectivity index (χ2n) is 3.56. The topological polar surface area (TPSA) is 20.2 Å². The van der Waals surface area contributed by atoms with E-state index in [-0.39, 0.29) is 0 Å². The number of thioether (sulfide) groups is 1. The molecule has 0 radical (unpaired) electrons. The molecule has 0 spiro atoms. The van der Waals surface area contributed by atoms with E-state index in [1.807, 2.05) is 0 Å². The van der Waals surface area contributed by atoms with Crippen molar-refractivity contribution in [3.8, 4) is 0 Å². The molecule has 0 fully saturated rings. The minimum Gasteiger partial charge on any atom is -0.387 e. The molecule has 1 unspecified atom stereocenters. The fourth-order valence-corrected chi connectivity index (χ4v) is 2.31. The Morgan fingerprint density at radius 3 is 2.60 bits per heavy atom. The molecule has 1 aromatic carbocycles. The van der Waals surface area contributed by atoms with Gasteiger partial charge in [-0.1, -0.05) is 37.0 Å². The highest BCUT2D eigenvalue weighted by Crippen LogP contribution is 2.29. The summed E-state index contributed by atoms with van der Waals surface area (Å²) in [4.78, 5) is 0. The molecule has 0 heterocycles. The van der Waals surface area contributed by atoms with Crippen LogP contribution in [0.5, 0.6) is 0 Å². The predicted octanol–water partition coefficient (Wildman–Crippen LogP) is 4.17. The molecule has 1 nitrogen and oxygen atoms in total. The minimum atomic E-state index is -0.552. The summed E-state index contributed by atoms with van der Waals surface area (Å²) < 4.78 is 0. The Labute approximate surface area is 105 Å². The number of aliphatic hydroxyl groups excluding tert-OH is 1. The minimum absolute atomic E-state index is 0.498. The van der Waals surface area contributed by atoms with Crippen molar-refractivity contribution in [2.24, 2.45) is 0 Å². The Hall–Kier alpha value is 0.110. The van der Waals surface area contributed by atoms with Gasteiger partial charge >= 0.3 is 0 Å². The van der Waals surface area contributed by atoms with Crippen LogP contribution in [0, 0.1) is 0 Å². The number of hydrogen-bond acceptors (Lipinski definition) is 2. The summed E-state index contributed by atoms with van der Waals surface area (Å²) in [7, 11) is 0. The number of rotatable bonds is 4. The molecule has 1 atom stereocenters. The van der Waals surface area contributed by atoms with E-state index >= 15 is 0 Å². The Kier molecular flexibility index (Phi) is 5.27. The highest BCUT2D eigenvalue weighted by atomic mass is 35.5. The summed E-state index contributed by atoms with van der Waals surface area (Å²) in [6.45, 7) is 4.19. The van der Waals surface area contributed by atoms with E-state index in [9.17, 15) is 5.11 Å². The van der Waals surface area contributed by atoms with E-state index < -0.39 is 6.10 Å². The van der Waals surface area contributed by atoms with Crippen LogP contribution in [-0.4, -0.2) is 16.1 Å². The predicted molar refractivity (Wildman–Crippen MR) is 69.0 cm³/mol. The lowest BCUT2D eigenvalue weighted by molar-refractivity contribution is 0.204. The monoisotopic (exact) mass is 264 g/mol. The maximum absolute atomic E-state index is 9.91. The molecule has 0 aromatic heterocycles. The van der Waals surface area contributed by atoms with Crippen molar-refractivity contribution in [3.05, 3.63) is 33.8 Å². The molecule has 1 aromatic rings. The van der Waals surface area contributed by atoms with Crippen LogP contribution in [0.25, 0.3) is 0 Å². The van der Waals surface area contributed by atoms with Crippen LogP contribution in [0.1, 0.15) is 25.5 Å². The van der Waals surface area contributed by atoms with Gasteiger partial charge in [-0.2, -0.15) is 11.8 Å². The molecule has 0 aliphatic carbocycles. The van der Waals surface area contributed by atoms with E-state index in [1.165, 1.54) is 0 Å². The molecule has 0 amide bonds. The van der Waals surface area contributed by atoms with Crippen LogP contribution in [0.15, 0.2) is 18.2 Å². The van der Waals surface area contributed by atoms with Gasteiger partial charge in [0.1, 0.15) is 0 Å². The summed E-state index contributed by atoms with van der Waals surface area (Å²) in [5, 5.41) is 11.6. The molecule has 0 saturated carbocycles. The molecule has 84 valence electrons. The van der Waals surface area contributed by atoms with Gasteiger partial charge in [-0.3, -0.25) is 0 Å². The van der Waals surface area contributed by atoms with E-state index in [0.717, 1.165) is 0 Å². The van der Waals surface area contributed by atoms with Crippen LogP contribution < -0.4 is 0 Å². The SMILES string of the molecule is CC(C)SCC(O)c1cc(Cl)ccc1Cl. The molecule has 0 aliphatic rings. The van der Waals surface area contributed by atoms with Gasteiger partial charge in [-0.25, -0.2) is 0 Å². The van der Waals surface area contributed by atoms with Crippen LogP contribution in [-0.2, 0) is 0 Å². The van der Waals surface area contributed by atoms with Crippen LogP contribution in [0.2, 0.25) is 10.0 Å². The summed E-state index contributed by atoms with van der Waals surface area (Å²) in [5.41, 5.74) is 0.706. The third-order valence-electron chi connectivity index (χ3n) is 1.90. The van der Waals surface area contributed by atoms with E-state index in [2.05, 4.69) is 13.8 Å². The highest BCUT2D eigenvalue weighted by Gasteiger charge is 2.12. The van der Waals surface area contributed by atoms with E-state index in [0.29, 0.717) is 26.6 Å². The van der Waals surface area contributed by atoms with Gasteiger partial charge in [0.15, 0.2) is 0 Å². The molecule has 0 bridgehead atoms. The van der Waals surface area contributed by atoms with Crippen molar-refractivity contribution >= 4 is 35.0 Å². The summed E-state index contributed by atoms with van der Waals surface area (Å²) in [6.07, 6.45) is -0.552. The van der Waals surface area contributed by atoms with Gasteiger partial charge in [0.25, 0.3) is 0 Å². The van der Waals surface area contributed by atoms with Crippen molar-refractivity contribution in [3.63, 3.8) is 0 Å². The zero-order valence-electron chi connectivity index (χ0n) is 8.71. The second-order valence-corrected chi connectivity index (χ2v) is 6.02. The van der Waals surface area contributed by atoms with Crippen LogP contribution in [0.3, 0.4) is 0 Å². The average molecular weight is 265 g/mol. The molecule has 15 heavy (non-hydrogen) atoms. The van der Waals surface area contributed by atoms with Gasteiger partial charge < -0.3 is 5.11 Å². The Morgan fingerprint density at radius 1 is 1.33 bits per heavy atom. The van der Waals surface area contributed by atoms with Gasteiger partial charge in [0.2, 0.25) is 0 Å². The lowest BCUT2D eigenvalue weighted by Crippen LogP contribution is -2.03. The Morgan fingerprint density at radius 2 is 2.00 bits per heavy atom. The fourth-order valence-electron chi connectivity index (χ4n) is 1.14. The third-order valence-corrected chi connectivity index (χ3v) is 3.66. The Balaban J connectivity index is 2.72. The fraction of sp³-hybridized carbons (Fsp3) is 0.455. The number of hydrogen-bond donors (Lipinski definition) is 1. The van der Waals surface area contributed by atoms with Crippen molar-refractivity contribution in [1.82, 2.24) is 0 Å². The number of halogens is 2. The van der Waals surface area contributed by atoms with Gasteiger partial charge in [-0.05, 0) is 23.4 Å². The normalized spacial score (nSPS) is 13.2. The maximum atomic E-state index is 9.91. The number of benzene rings is 1. The van der Waals surface area contributed by atoms with Crippen LogP contribution >= 0.6 is 35.0 Å². The summed E-state index contributed by atoms with van der Waals surface area (Å²) in [5.74, 6) is 0.637. The third kappa shape index (κ3) is 4.23. The lowest BCUT2D eigenvalue weighted by atomic mass is 10.1. The standard InChI is InChI=1S/C11H14Cl2OS/c1-7(2)15-6-11(14)9-5-8(12)3-4-10(9)13/h3-5,7,11,14H,6H2,1-2H3. The second kappa shape index (κ2) is 6.00. The van der Waals surface area contributed by atoms with E-state index in [1.54, 1.807) is 30.0 Å². The zero-order chi connectivity index (χ0) is 11.4. The average Bonchev–Trinajstić information content (AvgIpc) is 2.18. The van der Waals surface area contributed by atoms with Crippen molar-refractivity contribution in [2.45, 2.75) is 25.2 Å². The quantitative estimate of drug-likeness (QED) is 0.881. The summed E-state index contributed by atoms with van der Waals surface area (Å²) in [6, 6.07) is 5.15. The molecule has 1 N–H and O–H groups in total. The first-order chi connectivity index (χ1) is 7.00. The smallest absolute Gasteiger partial charge is 0.0895 e. The molecule has 0 aliphatic heterocycles. The first-order valence-corrected chi connectivity index (χ1v) is 6.55. The van der Waals surface area contributed by atoms with Gasteiger partial charge in [-0.15, -0.1) is 0 Å².